The van der Waals surface area contributed by atoms with Crippen molar-refractivity contribution in [2.24, 2.45) is 0 Å². The van der Waals surface area contributed by atoms with Crippen LogP contribution in [0.3, 0.4) is 0 Å². The number of rotatable bonds is 9. The molecule has 0 saturated heterocycles. The van der Waals surface area contributed by atoms with E-state index < -0.39 is 0 Å². The van der Waals surface area contributed by atoms with E-state index >= 15 is 0 Å². The molecule has 0 aliphatic heterocycles. The molecule has 5 heteroatoms. The fraction of sp³-hybridized carbons (Fsp3) is 0.292. The number of nitrogens with one attached hydrogen (secondary N) is 1. The predicted octanol–water partition coefficient (Wildman–Crippen LogP) is 4.15. The van der Waals surface area contributed by atoms with Crippen LogP contribution in [-0.4, -0.2) is 31.2 Å². The number of carbonyl (C=O) groups excluding carboxylic acids is 1. The van der Waals surface area contributed by atoms with Crippen LogP contribution in [0.5, 0.6) is 11.5 Å². The van der Waals surface area contributed by atoms with Crippen molar-refractivity contribution in [3.63, 3.8) is 0 Å². The number of carbonyl (C=O) groups is 1. The van der Waals surface area contributed by atoms with E-state index in [2.05, 4.69) is 28.9 Å². The molecule has 0 bridgehead atoms. The highest BCUT2D eigenvalue weighted by molar-refractivity contribution is 5.77. The van der Waals surface area contributed by atoms with Gasteiger partial charge in [-0.3, -0.25) is 4.79 Å². The lowest BCUT2D eigenvalue weighted by molar-refractivity contribution is -0.121. The van der Waals surface area contributed by atoms with Gasteiger partial charge in [0.15, 0.2) is 11.5 Å². The molecule has 0 aliphatic carbocycles. The molecule has 0 fully saturated rings. The Morgan fingerprint density at radius 3 is 2.41 bits per heavy atom. The summed E-state index contributed by atoms with van der Waals surface area (Å²) in [5.74, 6) is 1.43. The molecule has 1 amide bonds. The zero-order valence-corrected chi connectivity index (χ0v) is 17.2. The third-order valence-corrected chi connectivity index (χ3v) is 5.10. The van der Waals surface area contributed by atoms with Crippen molar-refractivity contribution in [1.29, 1.82) is 0 Å². The molecule has 3 rings (SSSR count). The molecule has 0 aliphatic rings. The lowest BCUT2D eigenvalue weighted by Gasteiger charge is -2.21. The van der Waals surface area contributed by atoms with Crippen molar-refractivity contribution in [1.82, 2.24) is 9.88 Å². The summed E-state index contributed by atoms with van der Waals surface area (Å²) >= 11 is 0. The maximum atomic E-state index is 12.7. The average Bonchev–Trinajstić information content (AvgIpc) is 3.27. The SMILES string of the molecule is COc1ccc(CCNC(=O)C[C@H](c2ccccc2C)n2cccc2)cc1OC. The molecule has 3 aromatic rings. The Hall–Kier alpha value is -3.21. The average molecular weight is 392 g/mol. The number of nitrogens with zero attached hydrogens (tertiary/aromatic N) is 1. The second kappa shape index (κ2) is 9.82. The summed E-state index contributed by atoms with van der Waals surface area (Å²) in [5.41, 5.74) is 3.44. The summed E-state index contributed by atoms with van der Waals surface area (Å²) in [6.45, 7) is 2.65. The summed E-state index contributed by atoms with van der Waals surface area (Å²) in [7, 11) is 3.24. The van der Waals surface area contributed by atoms with Gasteiger partial charge in [0.05, 0.1) is 26.7 Å². The van der Waals surface area contributed by atoms with Crippen LogP contribution in [0.2, 0.25) is 0 Å². The van der Waals surface area contributed by atoms with Gasteiger partial charge >= 0.3 is 0 Å². The molecule has 152 valence electrons. The molecular weight excluding hydrogens is 364 g/mol. The van der Waals surface area contributed by atoms with Crippen molar-refractivity contribution in [2.75, 3.05) is 20.8 Å². The predicted molar refractivity (Wildman–Crippen MR) is 115 cm³/mol. The van der Waals surface area contributed by atoms with Crippen LogP contribution in [0, 0.1) is 6.92 Å². The van der Waals surface area contributed by atoms with Crippen molar-refractivity contribution >= 4 is 5.91 Å². The number of aromatic nitrogens is 1. The number of hydrogen-bond donors (Lipinski definition) is 1. The zero-order chi connectivity index (χ0) is 20.6. The lowest BCUT2D eigenvalue weighted by Crippen LogP contribution is -2.28. The molecule has 2 aromatic carbocycles. The summed E-state index contributed by atoms with van der Waals surface area (Å²) in [6.07, 6.45) is 5.14. The van der Waals surface area contributed by atoms with Gasteiger partial charge in [-0.25, -0.2) is 0 Å². The highest BCUT2D eigenvalue weighted by Gasteiger charge is 2.18. The van der Waals surface area contributed by atoms with E-state index in [0.29, 0.717) is 24.5 Å². The van der Waals surface area contributed by atoms with Crippen molar-refractivity contribution in [3.05, 3.63) is 83.7 Å². The van der Waals surface area contributed by atoms with Crippen LogP contribution in [0.15, 0.2) is 67.0 Å². The first kappa shape index (κ1) is 20.5. The second-order valence-electron chi connectivity index (χ2n) is 7.00. The largest absolute Gasteiger partial charge is 0.493 e. The Balaban J connectivity index is 1.62. The Labute approximate surface area is 172 Å². The van der Waals surface area contributed by atoms with Gasteiger partial charge in [0.1, 0.15) is 0 Å². The normalized spacial score (nSPS) is 11.7. The van der Waals surface area contributed by atoms with Crippen molar-refractivity contribution in [3.8, 4) is 11.5 Å². The molecular formula is C24H28N2O3. The van der Waals surface area contributed by atoms with Gasteiger partial charge in [-0.05, 0) is 54.3 Å². The number of benzene rings is 2. The Kier molecular flexibility index (Phi) is 6.95. The number of amides is 1. The highest BCUT2D eigenvalue weighted by Crippen LogP contribution is 2.28. The fourth-order valence-corrected chi connectivity index (χ4v) is 3.52. The van der Waals surface area contributed by atoms with Crippen LogP contribution in [0.4, 0.5) is 0 Å². The monoisotopic (exact) mass is 392 g/mol. The Morgan fingerprint density at radius 1 is 1.00 bits per heavy atom. The lowest BCUT2D eigenvalue weighted by atomic mass is 9.98. The van der Waals surface area contributed by atoms with Gasteiger partial charge in [0.2, 0.25) is 5.91 Å². The Morgan fingerprint density at radius 2 is 1.72 bits per heavy atom. The number of ether oxygens (including phenoxy) is 2. The summed E-state index contributed by atoms with van der Waals surface area (Å²) in [4.78, 5) is 12.7. The smallest absolute Gasteiger partial charge is 0.222 e. The van der Waals surface area contributed by atoms with Gasteiger partial charge < -0.3 is 19.4 Å². The molecule has 5 nitrogen and oxygen atoms in total. The topological polar surface area (TPSA) is 52.5 Å². The third kappa shape index (κ3) is 5.19. The van der Waals surface area contributed by atoms with Gasteiger partial charge in [-0.1, -0.05) is 30.3 Å². The molecule has 0 saturated carbocycles. The molecule has 0 unspecified atom stereocenters. The first-order valence-electron chi connectivity index (χ1n) is 9.78. The maximum Gasteiger partial charge on any atom is 0.222 e. The van der Waals surface area contributed by atoms with Crippen LogP contribution in [-0.2, 0) is 11.2 Å². The van der Waals surface area contributed by atoms with Crippen LogP contribution in [0.1, 0.15) is 29.2 Å². The molecule has 0 spiro atoms. The van der Waals surface area contributed by atoms with Gasteiger partial charge in [-0.15, -0.1) is 0 Å². The van der Waals surface area contributed by atoms with Gasteiger partial charge in [0, 0.05) is 18.9 Å². The van der Waals surface area contributed by atoms with E-state index in [1.165, 1.54) is 11.1 Å². The van der Waals surface area contributed by atoms with Crippen molar-refractivity contribution in [2.45, 2.75) is 25.8 Å². The van der Waals surface area contributed by atoms with Crippen LogP contribution >= 0.6 is 0 Å². The van der Waals surface area contributed by atoms with Gasteiger partial charge in [0.25, 0.3) is 0 Å². The Bertz CT molecular complexity index is 935. The van der Waals surface area contributed by atoms with Crippen LogP contribution in [0.25, 0.3) is 0 Å². The summed E-state index contributed by atoms with van der Waals surface area (Å²) in [5, 5.41) is 3.05. The quantitative estimate of drug-likeness (QED) is 0.595. The number of methoxy groups -OCH3 is 2. The van der Waals surface area contributed by atoms with Crippen LogP contribution < -0.4 is 14.8 Å². The molecule has 1 aromatic heterocycles. The van der Waals surface area contributed by atoms with Crippen molar-refractivity contribution < 1.29 is 14.3 Å². The van der Waals surface area contributed by atoms with E-state index in [1.807, 2.05) is 54.9 Å². The van der Waals surface area contributed by atoms with Gasteiger partial charge in [-0.2, -0.15) is 0 Å². The first-order valence-corrected chi connectivity index (χ1v) is 9.78. The molecule has 0 radical (unpaired) electrons. The number of hydrogen-bond acceptors (Lipinski definition) is 3. The van der Waals surface area contributed by atoms with E-state index in [1.54, 1.807) is 14.2 Å². The first-order chi connectivity index (χ1) is 14.1. The molecule has 1 atom stereocenters. The van der Waals surface area contributed by atoms with E-state index in [0.717, 1.165) is 12.0 Å². The maximum absolute atomic E-state index is 12.7. The molecule has 1 heterocycles. The minimum atomic E-state index is -0.0210. The molecule has 1 N–H and O–H groups in total. The number of aryl methyl sites for hydroxylation is 1. The second-order valence-corrected chi connectivity index (χ2v) is 7.00. The van der Waals surface area contributed by atoms with E-state index in [4.69, 9.17) is 9.47 Å². The molecule has 29 heavy (non-hydrogen) atoms. The zero-order valence-electron chi connectivity index (χ0n) is 17.2. The van der Waals surface area contributed by atoms with E-state index in [9.17, 15) is 4.79 Å². The third-order valence-electron chi connectivity index (χ3n) is 5.10. The minimum absolute atomic E-state index is 0.0210. The summed E-state index contributed by atoms with van der Waals surface area (Å²) in [6, 6.07) is 18.0. The van der Waals surface area contributed by atoms with E-state index in [-0.39, 0.29) is 11.9 Å². The minimum Gasteiger partial charge on any atom is -0.493 e. The summed E-state index contributed by atoms with van der Waals surface area (Å²) < 4.78 is 12.7. The standard InChI is InChI=1S/C24H28N2O3/c1-18-8-4-5-9-20(18)21(26-14-6-7-15-26)17-24(27)25-13-12-19-10-11-22(28-2)23(16-19)29-3/h4-11,14-16,21H,12-13,17H2,1-3H3,(H,25,27)/t21-/m1/s1. The fourth-order valence-electron chi connectivity index (χ4n) is 3.52. The highest BCUT2D eigenvalue weighted by atomic mass is 16.5.